The molecule has 0 saturated heterocycles. The SMILES string of the molecule is CCCCCCCCCCCCCCCC(CCCCCCCCCCC)c1[nH]cc[n+]1C(C)CCCCCCC. The highest BCUT2D eigenvalue weighted by atomic mass is 15.1. The summed E-state index contributed by atoms with van der Waals surface area (Å²) in [5.41, 5.74) is 0. The Bertz CT molecular complexity index is 635. The lowest BCUT2D eigenvalue weighted by molar-refractivity contribution is -0.727. The fourth-order valence-corrected chi connectivity index (χ4v) is 6.78. The van der Waals surface area contributed by atoms with E-state index in [1.54, 1.807) is 0 Å². The predicted octanol–water partition coefficient (Wildman–Crippen LogP) is 13.7. The Morgan fingerprint density at radius 1 is 0.463 bits per heavy atom. The van der Waals surface area contributed by atoms with Gasteiger partial charge in [-0.3, -0.25) is 0 Å². The highest BCUT2D eigenvalue weighted by molar-refractivity contribution is 4.90. The second kappa shape index (κ2) is 29.3. The second-order valence-electron chi connectivity index (χ2n) is 13.6. The number of aromatic amines is 1. The maximum atomic E-state index is 3.74. The van der Waals surface area contributed by atoms with E-state index in [-0.39, 0.29) is 0 Å². The largest absolute Gasteiger partial charge is 0.257 e. The van der Waals surface area contributed by atoms with E-state index in [0.717, 1.165) is 0 Å². The molecule has 2 nitrogen and oxygen atoms in total. The van der Waals surface area contributed by atoms with Gasteiger partial charge in [0.25, 0.3) is 5.82 Å². The quantitative estimate of drug-likeness (QED) is 0.0653. The van der Waals surface area contributed by atoms with Crippen LogP contribution in [0.15, 0.2) is 12.4 Å². The zero-order chi connectivity index (χ0) is 29.6. The number of H-pyrrole nitrogens is 1. The van der Waals surface area contributed by atoms with Gasteiger partial charge in [-0.25, -0.2) is 9.55 Å². The summed E-state index contributed by atoms with van der Waals surface area (Å²) in [7, 11) is 0. The molecule has 0 bridgehead atoms. The van der Waals surface area contributed by atoms with Gasteiger partial charge in [0.05, 0.1) is 12.0 Å². The number of hydrogen-bond donors (Lipinski definition) is 1. The van der Waals surface area contributed by atoms with Crippen LogP contribution >= 0.6 is 0 Å². The van der Waals surface area contributed by atoms with Gasteiger partial charge in [0, 0.05) is 0 Å². The molecule has 2 heteroatoms. The Labute approximate surface area is 259 Å². The Kier molecular flexibility index (Phi) is 27.3. The Hall–Kier alpha value is -0.790. The first-order chi connectivity index (χ1) is 20.2. The fraction of sp³-hybridized carbons (Fsp3) is 0.923. The molecule has 0 saturated carbocycles. The molecule has 0 aromatic carbocycles. The highest BCUT2D eigenvalue weighted by Gasteiger charge is 2.25. The normalized spacial score (nSPS) is 13.2. The van der Waals surface area contributed by atoms with Crippen molar-refractivity contribution < 1.29 is 4.57 Å². The van der Waals surface area contributed by atoms with Gasteiger partial charge in [0.1, 0.15) is 12.4 Å². The van der Waals surface area contributed by atoms with Crippen LogP contribution in [0.3, 0.4) is 0 Å². The molecule has 0 aliphatic heterocycles. The summed E-state index contributed by atoms with van der Waals surface area (Å²) in [4.78, 5) is 3.74. The van der Waals surface area contributed by atoms with Gasteiger partial charge in [-0.05, 0) is 32.6 Å². The molecule has 0 amide bonds. The summed E-state index contributed by atoms with van der Waals surface area (Å²) >= 11 is 0. The number of hydrogen-bond acceptors (Lipinski definition) is 0. The van der Waals surface area contributed by atoms with Crippen molar-refractivity contribution >= 4 is 0 Å². The zero-order valence-electron chi connectivity index (χ0n) is 29.0. The summed E-state index contributed by atoms with van der Waals surface area (Å²) in [6.07, 6.45) is 47.2. The Morgan fingerprint density at radius 2 is 0.780 bits per heavy atom. The minimum atomic E-state index is 0.621. The van der Waals surface area contributed by atoms with Crippen molar-refractivity contribution in [1.29, 1.82) is 0 Å². The molecule has 0 radical (unpaired) electrons. The maximum Gasteiger partial charge on any atom is 0.257 e. The van der Waals surface area contributed by atoms with Gasteiger partial charge in [0.2, 0.25) is 0 Å². The summed E-state index contributed by atoms with van der Waals surface area (Å²) < 4.78 is 2.63. The topological polar surface area (TPSA) is 19.7 Å². The van der Waals surface area contributed by atoms with Crippen molar-refractivity contribution in [2.45, 2.75) is 232 Å². The lowest BCUT2D eigenvalue weighted by Gasteiger charge is -2.17. The number of rotatable bonds is 32. The van der Waals surface area contributed by atoms with Crippen molar-refractivity contribution in [2.75, 3.05) is 0 Å². The molecule has 1 aromatic rings. The van der Waals surface area contributed by atoms with Gasteiger partial charge in [0.15, 0.2) is 0 Å². The van der Waals surface area contributed by atoms with Gasteiger partial charge < -0.3 is 0 Å². The molecule has 242 valence electrons. The third-order valence-electron chi connectivity index (χ3n) is 9.64. The Balaban J connectivity index is 2.39. The van der Waals surface area contributed by atoms with E-state index in [1.165, 1.54) is 198 Å². The third-order valence-corrected chi connectivity index (χ3v) is 9.64. The van der Waals surface area contributed by atoms with Crippen LogP contribution in [-0.4, -0.2) is 4.98 Å². The minimum absolute atomic E-state index is 0.621. The highest BCUT2D eigenvalue weighted by Crippen LogP contribution is 2.27. The van der Waals surface area contributed by atoms with E-state index in [0.29, 0.717) is 12.0 Å². The first kappa shape index (κ1) is 38.2. The van der Waals surface area contributed by atoms with Crippen LogP contribution in [0.5, 0.6) is 0 Å². The van der Waals surface area contributed by atoms with Crippen LogP contribution in [0.2, 0.25) is 0 Å². The van der Waals surface area contributed by atoms with E-state index < -0.39 is 0 Å². The Morgan fingerprint density at radius 3 is 1.15 bits per heavy atom. The molecule has 2 atom stereocenters. The van der Waals surface area contributed by atoms with Crippen molar-refractivity contribution in [3.8, 4) is 0 Å². The van der Waals surface area contributed by atoms with Gasteiger partial charge in [-0.15, -0.1) is 0 Å². The first-order valence-corrected chi connectivity index (χ1v) is 19.3. The number of aromatic nitrogens is 2. The molecular weight excluding hydrogens is 496 g/mol. The lowest BCUT2D eigenvalue weighted by Crippen LogP contribution is -2.41. The molecule has 0 aliphatic carbocycles. The van der Waals surface area contributed by atoms with Crippen molar-refractivity contribution in [2.24, 2.45) is 0 Å². The number of nitrogens with one attached hydrogen (secondary N) is 1. The van der Waals surface area contributed by atoms with E-state index in [2.05, 4.69) is 49.6 Å². The van der Waals surface area contributed by atoms with Crippen LogP contribution < -0.4 is 4.57 Å². The maximum absolute atomic E-state index is 3.74. The molecule has 2 unspecified atom stereocenters. The number of imidazole rings is 1. The van der Waals surface area contributed by atoms with Gasteiger partial charge >= 0.3 is 0 Å². The predicted molar refractivity (Wildman–Crippen MR) is 184 cm³/mol. The van der Waals surface area contributed by atoms with Crippen LogP contribution in [0.4, 0.5) is 0 Å². The molecule has 1 aromatic heterocycles. The smallest absolute Gasteiger partial charge is 0.247 e. The average Bonchev–Trinajstić information content (AvgIpc) is 3.47. The summed E-state index contributed by atoms with van der Waals surface area (Å²) in [6.45, 7) is 9.40. The van der Waals surface area contributed by atoms with Crippen LogP contribution in [0.25, 0.3) is 0 Å². The van der Waals surface area contributed by atoms with E-state index in [9.17, 15) is 0 Å². The standard InChI is InChI=1S/C39H76N2/c1-5-8-11-14-16-18-19-20-21-23-25-28-31-34-38(33-30-27-24-22-17-15-12-9-6-2)39-40-35-36-41(39)37(4)32-29-26-13-10-7-3/h35-38H,5-34H2,1-4H3/p+1. The van der Waals surface area contributed by atoms with Gasteiger partial charge in [-0.1, -0.05) is 188 Å². The molecule has 41 heavy (non-hydrogen) atoms. The molecular formula is C39H77N2+. The average molecular weight is 574 g/mol. The van der Waals surface area contributed by atoms with E-state index in [1.807, 2.05) is 0 Å². The molecule has 1 N–H and O–H groups in total. The first-order valence-electron chi connectivity index (χ1n) is 19.3. The van der Waals surface area contributed by atoms with E-state index >= 15 is 0 Å². The van der Waals surface area contributed by atoms with Crippen molar-refractivity contribution in [1.82, 2.24) is 4.98 Å². The minimum Gasteiger partial charge on any atom is -0.247 e. The zero-order valence-corrected chi connectivity index (χ0v) is 29.0. The van der Waals surface area contributed by atoms with Gasteiger partial charge in [-0.2, -0.15) is 0 Å². The molecule has 1 heterocycles. The fourth-order valence-electron chi connectivity index (χ4n) is 6.78. The summed E-state index contributed by atoms with van der Waals surface area (Å²) in [5, 5.41) is 0. The monoisotopic (exact) mass is 574 g/mol. The van der Waals surface area contributed by atoms with Crippen molar-refractivity contribution in [3.63, 3.8) is 0 Å². The third kappa shape index (κ3) is 21.5. The van der Waals surface area contributed by atoms with Crippen LogP contribution in [0, 0.1) is 0 Å². The number of unbranched alkanes of at least 4 members (excludes halogenated alkanes) is 24. The van der Waals surface area contributed by atoms with Crippen LogP contribution in [0.1, 0.15) is 238 Å². The molecule has 0 spiro atoms. The number of nitrogens with zero attached hydrogens (tertiary/aromatic N) is 1. The lowest BCUT2D eigenvalue weighted by atomic mass is 9.92. The molecule has 0 fully saturated rings. The van der Waals surface area contributed by atoms with E-state index in [4.69, 9.17) is 0 Å². The summed E-state index contributed by atoms with van der Waals surface area (Å²) in [6, 6.07) is 0.621. The van der Waals surface area contributed by atoms with Crippen LogP contribution in [-0.2, 0) is 0 Å². The second-order valence-corrected chi connectivity index (χ2v) is 13.6. The summed E-state index contributed by atoms with van der Waals surface area (Å²) in [5.74, 6) is 2.24. The molecule has 1 rings (SSSR count). The van der Waals surface area contributed by atoms with Crippen molar-refractivity contribution in [3.05, 3.63) is 18.2 Å². The molecule has 0 aliphatic rings.